The maximum absolute atomic E-state index is 14.5. The summed E-state index contributed by atoms with van der Waals surface area (Å²) in [5.74, 6) is -9.43. The monoisotopic (exact) mass is 1260 g/mol. The lowest BCUT2D eigenvalue weighted by Gasteiger charge is -2.32. The number of primary amides is 3. The highest BCUT2D eigenvalue weighted by molar-refractivity contribution is 7.81. The Morgan fingerprint density at radius 1 is 0.648 bits per heavy atom. The van der Waals surface area contributed by atoms with Crippen LogP contribution in [0.25, 0.3) is 0 Å². The molecule has 1 aliphatic carbocycles. The standard InChI is InChI=1S/C59H80N14O13S2/c1-86-38-20-16-36(17-21-38)28-41(50(62)78)69-51(79)39(12-8-26-65-58(63)64)68-56(84)46-13-9-27-73(46)57(85)45(33-87)72-55(83)44(31-48(61)76)71-52(80)40(22-23-47(60)75)67-54(82)43(29-34-10-4-2-5-11-34)70-53(81)42(30-35-14-18-37(74)19-15-35)66-49(77)32-59(88)24-6-3-7-25-59/h2,4-5,10-11,14-21,33,39-46,74,88H,3,6-9,12-13,22-32H2,1H3,(H2,60,75)(H2,61,76)(H2,62,78)(H,66,77)(H,67,82)(H,68,84)(H,69,79)(H,70,81)(H,71,80)(H,72,83)(H4,63,64,65)/t39-,40-,41-,42-,43-,44-,45-,46-/m0/s1. The van der Waals surface area contributed by atoms with Gasteiger partial charge in [-0.05, 0) is 85.9 Å². The molecule has 29 heteroatoms. The summed E-state index contributed by atoms with van der Waals surface area (Å²) in [6.45, 7) is 0.0516. The van der Waals surface area contributed by atoms with Crippen molar-refractivity contribution in [2.24, 2.45) is 33.7 Å². The molecule has 2 fully saturated rings. The lowest BCUT2D eigenvalue weighted by molar-refractivity contribution is -0.141. The average Bonchev–Trinajstić information content (AvgIpc) is 4.24. The van der Waals surface area contributed by atoms with Gasteiger partial charge in [0.1, 0.15) is 59.8 Å². The van der Waals surface area contributed by atoms with Crippen molar-refractivity contribution in [2.75, 3.05) is 20.2 Å². The van der Waals surface area contributed by atoms with Crippen LogP contribution in [0.2, 0.25) is 0 Å². The molecule has 0 spiro atoms. The van der Waals surface area contributed by atoms with Gasteiger partial charge in [0.15, 0.2) is 5.96 Å². The summed E-state index contributed by atoms with van der Waals surface area (Å²) in [5, 5.41) is 29.0. The van der Waals surface area contributed by atoms with Crippen LogP contribution in [-0.4, -0.2) is 160 Å². The zero-order chi connectivity index (χ0) is 64.5. The van der Waals surface area contributed by atoms with E-state index >= 15 is 0 Å². The summed E-state index contributed by atoms with van der Waals surface area (Å²) in [5.41, 5.74) is 29.5. The van der Waals surface area contributed by atoms with Gasteiger partial charge in [-0.25, -0.2) is 0 Å². The van der Waals surface area contributed by atoms with Gasteiger partial charge in [-0.2, -0.15) is 12.6 Å². The van der Waals surface area contributed by atoms with Crippen LogP contribution >= 0.6 is 24.8 Å². The van der Waals surface area contributed by atoms with E-state index in [1.54, 1.807) is 66.7 Å². The largest absolute Gasteiger partial charge is 0.508 e. The van der Waals surface area contributed by atoms with E-state index in [-0.39, 0.29) is 76.2 Å². The number of methoxy groups -OCH3 is 1. The van der Waals surface area contributed by atoms with Crippen LogP contribution in [0, 0.1) is 0 Å². The molecule has 1 heterocycles. The fourth-order valence-corrected chi connectivity index (χ4v) is 10.9. The number of nitrogens with two attached hydrogens (primary N) is 5. The minimum atomic E-state index is -1.85. The highest BCUT2D eigenvalue weighted by Gasteiger charge is 2.41. The number of phenolic OH excluding ortho intramolecular Hbond substituents is 1. The first kappa shape index (κ1) is 69.9. The molecule has 0 bridgehead atoms. The molecule has 2 aliphatic rings. The number of thiol groups is 1. The first-order valence-corrected chi connectivity index (χ1v) is 29.7. The Labute approximate surface area is 520 Å². The number of amides is 11. The van der Waals surface area contributed by atoms with Crippen molar-refractivity contribution >= 4 is 101 Å². The van der Waals surface area contributed by atoms with Gasteiger partial charge < -0.3 is 80.6 Å². The van der Waals surface area contributed by atoms with E-state index in [1.165, 1.54) is 19.2 Å². The van der Waals surface area contributed by atoms with Gasteiger partial charge in [-0.3, -0.25) is 57.7 Å². The number of nitrogens with zero attached hydrogens (tertiary/aromatic N) is 2. The van der Waals surface area contributed by atoms with E-state index in [4.69, 9.17) is 58.3 Å². The van der Waals surface area contributed by atoms with Crippen LogP contribution in [0.5, 0.6) is 11.5 Å². The van der Waals surface area contributed by atoms with Gasteiger partial charge in [0.2, 0.25) is 59.1 Å². The first-order valence-electron chi connectivity index (χ1n) is 28.8. The average molecular weight is 1260 g/mol. The second-order valence-electron chi connectivity index (χ2n) is 21.8. The molecule has 11 amide bonds. The van der Waals surface area contributed by atoms with E-state index in [0.717, 1.165) is 29.5 Å². The number of aliphatic imine (C=N–C) groups is 1. The summed E-state index contributed by atoms with van der Waals surface area (Å²) in [6.07, 6.45) is 2.70. The van der Waals surface area contributed by atoms with Crippen LogP contribution in [0.15, 0.2) is 83.9 Å². The van der Waals surface area contributed by atoms with E-state index in [1.807, 2.05) is 0 Å². The molecule has 476 valence electrons. The second-order valence-corrected chi connectivity index (χ2v) is 23.1. The molecule has 0 aromatic heterocycles. The Morgan fingerprint density at radius 2 is 1.17 bits per heavy atom. The molecule has 1 saturated heterocycles. The molecule has 8 atom stereocenters. The Hall–Kier alpha value is -8.86. The Bertz CT molecular complexity index is 2980. The van der Waals surface area contributed by atoms with Gasteiger partial charge in [-0.1, -0.05) is 86.1 Å². The fraction of sp³-hybridized carbons (Fsp3) is 0.475. The van der Waals surface area contributed by atoms with Gasteiger partial charge >= 0.3 is 0 Å². The number of thiocarbonyl (C=S) groups is 1. The highest BCUT2D eigenvalue weighted by atomic mass is 32.1. The summed E-state index contributed by atoms with van der Waals surface area (Å²) in [4.78, 5) is 156. The zero-order valence-electron chi connectivity index (χ0n) is 48.9. The molecule has 27 nitrogen and oxygen atoms in total. The number of phenols is 1. The number of nitrogens with one attached hydrogen (secondary N) is 7. The maximum Gasteiger partial charge on any atom is 0.250 e. The minimum Gasteiger partial charge on any atom is -0.508 e. The van der Waals surface area contributed by atoms with Gasteiger partial charge in [0, 0.05) is 55.3 Å². The number of rotatable bonds is 34. The number of hydrogen-bond donors (Lipinski definition) is 14. The lowest BCUT2D eigenvalue weighted by atomic mass is 9.85. The van der Waals surface area contributed by atoms with Gasteiger partial charge in [-0.15, -0.1) is 0 Å². The van der Waals surface area contributed by atoms with Gasteiger partial charge in [0.05, 0.1) is 13.5 Å². The van der Waals surface area contributed by atoms with E-state index in [0.29, 0.717) is 35.3 Å². The highest BCUT2D eigenvalue weighted by Crippen LogP contribution is 2.36. The van der Waals surface area contributed by atoms with E-state index in [9.17, 15) is 57.8 Å². The normalized spacial score (nSPS) is 16.6. The molecule has 0 radical (unpaired) electrons. The van der Waals surface area contributed by atoms with Crippen LogP contribution in [0.4, 0.5) is 0 Å². The summed E-state index contributed by atoms with van der Waals surface area (Å²) < 4.78 is 4.60. The van der Waals surface area contributed by atoms with Crippen LogP contribution < -0.4 is 70.6 Å². The molecular weight excluding hydrogens is 1180 g/mol. The van der Waals surface area contributed by atoms with Crippen LogP contribution in [0.3, 0.4) is 0 Å². The molecule has 1 aliphatic heterocycles. The molecule has 3 aromatic rings. The van der Waals surface area contributed by atoms with Crippen molar-refractivity contribution in [3.63, 3.8) is 0 Å². The predicted octanol–water partition coefficient (Wildman–Crippen LogP) is -1.48. The lowest BCUT2D eigenvalue weighted by Crippen LogP contribution is -2.61. The second kappa shape index (κ2) is 34.5. The topological polar surface area (TPSA) is 447 Å². The number of guanidine groups is 1. The van der Waals surface area contributed by atoms with Crippen molar-refractivity contribution < 1.29 is 62.6 Å². The number of benzene rings is 3. The predicted molar refractivity (Wildman–Crippen MR) is 331 cm³/mol. The van der Waals surface area contributed by atoms with Crippen molar-refractivity contribution in [2.45, 2.75) is 156 Å². The number of hydrogen-bond acceptors (Lipinski definition) is 16. The quantitative estimate of drug-likeness (QED) is 0.0107. The molecule has 5 rings (SSSR count). The van der Waals surface area contributed by atoms with Crippen molar-refractivity contribution in [1.82, 2.24) is 42.1 Å². The number of aromatic hydroxyl groups is 1. The van der Waals surface area contributed by atoms with Crippen LogP contribution in [-0.2, 0) is 72.0 Å². The Morgan fingerprint density at radius 3 is 1.74 bits per heavy atom. The molecule has 1 saturated carbocycles. The number of likely N-dealkylation sites (tertiary alicyclic amines) is 1. The first-order chi connectivity index (χ1) is 41.9. The molecule has 88 heavy (non-hydrogen) atoms. The third-order valence-electron chi connectivity index (χ3n) is 14.9. The third-order valence-corrected chi connectivity index (χ3v) is 15.8. The number of carbonyl (C=O) groups is 11. The van der Waals surface area contributed by atoms with E-state index in [2.05, 4.69) is 42.2 Å². The van der Waals surface area contributed by atoms with E-state index < -0.39 is 137 Å². The number of carbonyl (C=O) groups excluding carboxylic acids is 11. The number of ether oxygens (including phenoxy) is 1. The van der Waals surface area contributed by atoms with Crippen LogP contribution in [0.1, 0.15) is 100 Å². The Kier molecular flexibility index (Phi) is 27.4. The Balaban J connectivity index is 1.32. The smallest absolute Gasteiger partial charge is 0.250 e. The third kappa shape index (κ3) is 22.8. The zero-order valence-corrected chi connectivity index (χ0v) is 50.6. The van der Waals surface area contributed by atoms with Crippen molar-refractivity contribution in [3.8, 4) is 11.5 Å². The van der Waals surface area contributed by atoms with Crippen molar-refractivity contribution in [1.29, 1.82) is 0 Å². The SMILES string of the molecule is COc1ccc(C[C@H](NC(=O)[C@H](CCCN=C(N)N)NC(=O)[C@@H]2CCCN2C(=O)[C@H](C=S)NC(=O)[C@H](CC(N)=O)NC(=O)[C@H](CCC(N)=O)NC(=O)[C@H](Cc2ccccc2)NC(=O)[C@H](Cc2ccc(O)cc2)NC(=O)CC2(S)CCCCC2)C(N)=O)cc1. The summed E-state index contributed by atoms with van der Waals surface area (Å²) >= 11 is 10.0. The molecule has 0 unspecified atom stereocenters. The fourth-order valence-electron chi connectivity index (χ4n) is 10.3. The molecular formula is C59H80N14O13S2. The van der Waals surface area contributed by atoms with Crippen molar-refractivity contribution in [3.05, 3.63) is 95.6 Å². The molecule has 18 N–H and O–H groups in total. The van der Waals surface area contributed by atoms with Gasteiger partial charge in [0.25, 0.3) is 5.91 Å². The summed E-state index contributed by atoms with van der Waals surface area (Å²) in [7, 11) is 1.49. The molecule has 3 aromatic carbocycles. The summed E-state index contributed by atoms with van der Waals surface area (Å²) in [6, 6.07) is 9.57. The maximum atomic E-state index is 14.5. The minimum absolute atomic E-state index is 0.00425.